The fourth-order valence-corrected chi connectivity index (χ4v) is 3.83. The molecule has 2 heterocycles. The van der Waals surface area contributed by atoms with Gasteiger partial charge in [0, 0.05) is 16.8 Å². The van der Waals surface area contributed by atoms with Gasteiger partial charge in [0.05, 0.1) is 12.9 Å². The van der Waals surface area contributed by atoms with Crippen LogP contribution in [-0.2, 0) is 23.0 Å². The Morgan fingerprint density at radius 3 is 2.94 bits per heavy atom. The fraction of sp³-hybridized carbons (Fsp3) is 0.300. The summed E-state index contributed by atoms with van der Waals surface area (Å²) >= 11 is 1.25. The van der Waals surface area contributed by atoms with E-state index >= 15 is 0 Å². The Labute approximate surface area is 109 Å². The van der Waals surface area contributed by atoms with E-state index in [1.807, 2.05) is 0 Å². The van der Waals surface area contributed by atoms with E-state index in [1.165, 1.54) is 17.7 Å². The third-order valence-electron chi connectivity index (χ3n) is 2.30. The molecule has 0 aliphatic heterocycles. The SMILES string of the molecule is NCCc1ccc(S(=O)(=O)NCc2cnc[nH]2)s1. The van der Waals surface area contributed by atoms with E-state index in [0.717, 1.165) is 10.6 Å². The van der Waals surface area contributed by atoms with Gasteiger partial charge < -0.3 is 10.7 Å². The molecule has 2 aromatic heterocycles. The molecule has 2 aromatic rings. The molecule has 0 amide bonds. The number of aromatic nitrogens is 2. The van der Waals surface area contributed by atoms with Crippen molar-refractivity contribution in [2.75, 3.05) is 6.54 Å². The molecule has 0 aliphatic carbocycles. The summed E-state index contributed by atoms with van der Waals surface area (Å²) in [6.45, 7) is 0.716. The van der Waals surface area contributed by atoms with E-state index in [1.54, 1.807) is 18.3 Å². The summed E-state index contributed by atoms with van der Waals surface area (Å²) in [5, 5.41) is 0. The minimum absolute atomic E-state index is 0.201. The first-order chi connectivity index (χ1) is 8.62. The summed E-state index contributed by atoms with van der Waals surface area (Å²) in [6, 6.07) is 3.40. The van der Waals surface area contributed by atoms with E-state index in [-0.39, 0.29) is 6.54 Å². The molecule has 0 saturated carbocycles. The molecule has 8 heteroatoms. The summed E-state index contributed by atoms with van der Waals surface area (Å²) in [5.74, 6) is 0. The summed E-state index contributed by atoms with van der Waals surface area (Å²) in [4.78, 5) is 7.63. The Kier molecular flexibility index (Phi) is 4.12. The molecular weight excluding hydrogens is 272 g/mol. The Morgan fingerprint density at radius 1 is 1.44 bits per heavy atom. The smallest absolute Gasteiger partial charge is 0.250 e. The normalized spacial score (nSPS) is 11.8. The van der Waals surface area contributed by atoms with Gasteiger partial charge >= 0.3 is 0 Å². The fourth-order valence-electron chi connectivity index (χ4n) is 1.40. The van der Waals surface area contributed by atoms with E-state index in [2.05, 4.69) is 14.7 Å². The highest BCUT2D eigenvalue weighted by Gasteiger charge is 2.16. The molecule has 4 N–H and O–H groups in total. The van der Waals surface area contributed by atoms with E-state index < -0.39 is 10.0 Å². The lowest BCUT2D eigenvalue weighted by Gasteiger charge is -2.02. The van der Waals surface area contributed by atoms with Crippen molar-refractivity contribution >= 4 is 21.4 Å². The molecule has 0 bridgehead atoms. The molecule has 0 saturated heterocycles. The van der Waals surface area contributed by atoms with Crippen LogP contribution in [0.2, 0.25) is 0 Å². The average molecular weight is 286 g/mol. The number of rotatable bonds is 6. The van der Waals surface area contributed by atoms with Crippen LogP contribution in [0.25, 0.3) is 0 Å². The van der Waals surface area contributed by atoms with Gasteiger partial charge in [-0.15, -0.1) is 11.3 Å². The number of aromatic amines is 1. The standard InChI is InChI=1S/C10H14N4O2S2/c11-4-3-9-1-2-10(17-9)18(15,16)14-6-8-5-12-7-13-8/h1-2,5,7,14H,3-4,6,11H2,(H,12,13). The Hall–Kier alpha value is -1.22. The number of hydrogen-bond donors (Lipinski definition) is 3. The molecule has 0 aliphatic rings. The molecule has 0 spiro atoms. The summed E-state index contributed by atoms with van der Waals surface area (Å²) in [5.41, 5.74) is 6.15. The van der Waals surface area contributed by atoms with Crippen molar-refractivity contribution in [3.63, 3.8) is 0 Å². The summed E-state index contributed by atoms with van der Waals surface area (Å²) < 4.78 is 26.8. The maximum atomic E-state index is 12.0. The molecule has 0 aromatic carbocycles. The molecular formula is C10H14N4O2S2. The maximum absolute atomic E-state index is 12.0. The van der Waals surface area contributed by atoms with Crippen LogP contribution in [-0.4, -0.2) is 24.9 Å². The zero-order valence-corrected chi connectivity index (χ0v) is 11.2. The number of nitrogens with one attached hydrogen (secondary N) is 2. The molecule has 18 heavy (non-hydrogen) atoms. The first-order valence-corrected chi connectivity index (χ1v) is 7.67. The minimum atomic E-state index is -3.45. The first kappa shape index (κ1) is 13.2. The molecule has 2 rings (SSSR count). The van der Waals surface area contributed by atoms with Crippen molar-refractivity contribution in [3.8, 4) is 0 Å². The number of hydrogen-bond acceptors (Lipinski definition) is 5. The topological polar surface area (TPSA) is 101 Å². The highest BCUT2D eigenvalue weighted by molar-refractivity contribution is 7.91. The second-order valence-corrected chi connectivity index (χ2v) is 6.82. The van der Waals surface area contributed by atoms with Crippen molar-refractivity contribution in [1.82, 2.24) is 14.7 Å². The first-order valence-electron chi connectivity index (χ1n) is 5.37. The van der Waals surface area contributed by atoms with Crippen LogP contribution in [0.3, 0.4) is 0 Å². The van der Waals surface area contributed by atoms with Crippen LogP contribution in [0.5, 0.6) is 0 Å². The Balaban J connectivity index is 2.05. The summed E-state index contributed by atoms with van der Waals surface area (Å²) in [7, 11) is -3.45. The predicted octanol–water partition coefficient (Wildman–Crippen LogP) is 0.451. The molecule has 0 fully saturated rings. The Morgan fingerprint density at radius 2 is 2.28 bits per heavy atom. The lowest BCUT2D eigenvalue weighted by molar-refractivity contribution is 0.582. The number of sulfonamides is 1. The van der Waals surface area contributed by atoms with Gasteiger partial charge in [-0.1, -0.05) is 0 Å². The quantitative estimate of drug-likeness (QED) is 0.717. The van der Waals surface area contributed by atoms with Crippen molar-refractivity contribution < 1.29 is 8.42 Å². The molecule has 98 valence electrons. The van der Waals surface area contributed by atoms with Crippen LogP contribution < -0.4 is 10.5 Å². The average Bonchev–Trinajstić information content (AvgIpc) is 2.98. The molecule has 0 radical (unpaired) electrons. The van der Waals surface area contributed by atoms with Crippen LogP contribution in [0.1, 0.15) is 10.6 Å². The van der Waals surface area contributed by atoms with Gasteiger partial charge in [-0.2, -0.15) is 0 Å². The molecule has 0 atom stereocenters. The highest BCUT2D eigenvalue weighted by Crippen LogP contribution is 2.21. The number of thiophene rings is 1. The number of nitrogens with zero attached hydrogens (tertiary/aromatic N) is 1. The third kappa shape index (κ3) is 3.16. The van der Waals surface area contributed by atoms with Gasteiger partial charge in [0.15, 0.2) is 0 Å². The van der Waals surface area contributed by atoms with Gasteiger partial charge in [0.25, 0.3) is 0 Å². The molecule has 6 nitrogen and oxygen atoms in total. The lowest BCUT2D eigenvalue weighted by Crippen LogP contribution is -2.22. The third-order valence-corrected chi connectivity index (χ3v) is 5.34. The monoisotopic (exact) mass is 286 g/mol. The molecule has 0 unspecified atom stereocenters. The van der Waals surface area contributed by atoms with Gasteiger partial charge in [-0.05, 0) is 25.1 Å². The maximum Gasteiger partial charge on any atom is 0.250 e. The summed E-state index contributed by atoms with van der Waals surface area (Å²) in [6.07, 6.45) is 3.78. The zero-order chi connectivity index (χ0) is 13.0. The van der Waals surface area contributed by atoms with Crippen molar-refractivity contribution in [2.45, 2.75) is 17.2 Å². The Bertz CT molecular complexity index is 589. The van der Waals surface area contributed by atoms with Crippen molar-refractivity contribution in [1.29, 1.82) is 0 Å². The zero-order valence-electron chi connectivity index (χ0n) is 9.59. The number of imidazole rings is 1. The van der Waals surface area contributed by atoms with Gasteiger partial charge in [-0.25, -0.2) is 18.1 Å². The van der Waals surface area contributed by atoms with Gasteiger partial charge in [0.2, 0.25) is 10.0 Å². The van der Waals surface area contributed by atoms with Gasteiger partial charge in [-0.3, -0.25) is 0 Å². The van der Waals surface area contributed by atoms with Crippen LogP contribution in [0.15, 0.2) is 28.9 Å². The van der Waals surface area contributed by atoms with Crippen LogP contribution in [0, 0.1) is 0 Å². The second-order valence-electron chi connectivity index (χ2n) is 3.66. The minimum Gasteiger partial charge on any atom is -0.347 e. The van der Waals surface area contributed by atoms with Crippen molar-refractivity contribution in [2.24, 2.45) is 5.73 Å². The van der Waals surface area contributed by atoms with Crippen LogP contribution >= 0.6 is 11.3 Å². The lowest BCUT2D eigenvalue weighted by atomic mass is 10.3. The largest absolute Gasteiger partial charge is 0.347 e. The highest BCUT2D eigenvalue weighted by atomic mass is 32.2. The van der Waals surface area contributed by atoms with Gasteiger partial charge in [0.1, 0.15) is 4.21 Å². The number of nitrogens with two attached hydrogens (primary N) is 1. The van der Waals surface area contributed by atoms with Crippen molar-refractivity contribution in [3.05, 3.63) is 35.2 Å². The van der Waals surface area contributed by atoms with Crippen LogP contribution in [0.4, 0.5) is 0 Å². The van der Waals surface area contributed by atoms with E-state index in [4.69, 9.17) is 5.73 Å². The number of H-pyrrole nitrogens is 1. The predicted molar refractivity (Wildman–Crippen MR) is 69.7 cm³/mol. The second kappa shape index (κ2) is 5.61. The van der Waals surface area contributed by atoms with E-state index in [0.29, 0.717) is 17.2 Å². The van der Waals surface area contributed by atoms with E-state index in [9.17, 15) is 8.42 Å².